The van der Waals surface area contributed by atoms with Crippen LogP contribution in [0.4, 0.5) is 11.6 Å². The second-order valence-corrected chi connectivity index (χ2v) is 10.7. The Morgan fingerprint density at radius 1 is 0.895 bits per heavy atom. The van der Waals surface area contributed by atoms with Gasteiger partial charge in [0, 0.05) is 18.1 Å². The highest BCUT2D eigenvalue weighted by Crippen LogP contribution is 2.31. The zero-order valence-corrected chi connectivity index (χ0v) is 21.3. The third kappa shape index (κ3) is 5.71. The molecule has 0 bridgehead atoms. The molecule has 1 unspecified atom stereocenters. The topological polar surface area (TPSA) is 166 Å². The number of aromatic nitrogens is 5. The van der Waals surface area contributed by atoms with E-state index in [0.29, 0.717) is 28.6 Å². The van der Waals surface area contributed by atoms with E-state index < -0.39 is 15.3 Å². The molecule has 0 saturated heterocycles. The Morgan fingerprint density at radius 3 is 2.18 bits per heavy atom. The summed E-state index contributed by atoms with van der Waals surface area (Å²) in [6.45, 7) is 1.69. The van der Waals surface area contributed by atoms with Crippen LogP contribution in [-0.4, -0.2) is 44.7 Å². The summed E-state index contributed by atoms with van der Waals surface area (Å²) in [5.74, 6) is 0.587. The lowest BCUT2D eigenvalue weighted by Crippen LogP contribution is -2.23. The minimum absolute atomic E-state index is 0.00745. The number of rotatable bonds is 9. The molecule has 0 fully saturated rings. The molecular weight excluding hydrogens is 530 g/mol. The smallest absolute Gasteiger partial charge is 0.264 e. The number of furan rings is 2. The molecule has 0 radical (unpaired) electrons. The Bertz CT molecular complexity index is 1630. The van der Waals surface area contributed by atoms with Gasteiger partial charge in [-0.1, -0.05) is 11.8 Å². The van der Waals surface area contributed by atoms with Crippen LogP contribution in [0.2, 0.25) is 0 Å². The van der Waals surface area contributed by atoms with Gasteiger partial charge in [0.15, 0.2) is 17.2 Å². The van der Waals surface area contributed by atoms with E-state index in [1.165, 1.54) is 49.2 Å². The standard InChI is InChI=1S/C24H19N7O5S2/c1-15(37-24-28-20(18-5-2-13-35-18)21(29-30-24)19-6-3-14-36-19)22(32)27-16-7-9-17(10-8-16)38(33,34)31-23-25-11-4-12-26-23/h2-15H,1H3,(H,27,32)(H,25,26,31). The number of carbonyl (C=O) groups is 1. The quantitative estimate of drug-likeness (QED) is 0.254. The van der Waals surface area contributed by atoms with Gasteiger partial charge < -0.3 is 14.2 Å². The van der Waals surface area contributed by atoms with Gasteiger partial charge in [0.1, 0.15) is 5.69 Å². The fourth-order valence-corrected chi connectivity index (χ4v) is 4.90. The SMILES string of the molecule is CC(Sc1nnc(-c2ccco2)c(-c2ccco2)n1)C(=O)Nc1ccc(S(=O)(=O)Nc2ncccn2)cc1. The predicted octanol–water partition coefficient (Wildman–Crippen LogP) is 4.10. The van der Waals surface area contributed by atoms with E-state index in [1.807, 2.05) is 0 Å². The molecule has 0 aliphatic heterocycles. The van der Waals surface area contributed by atoms with Gasteiger partial charge in [-0.05, 0) is 61.5 Å². The van der Waals surface area contributed by atoms with E-state index >= 15 is 0 Å². The van der Waals surface area contributed by atoms with E-state index in [9.17, 15) is 13.2 Å². The number of sulfonamides is 1. The first-order chi connectivity index (χ1) is 18.4. The highest BCUT2D eigenvalue weighted by Gasteiger charge is 2.22. The van der Waals surface area contributed by atoms with E-state index in [0.717, 1.165) is 11.8 Å². The van der Waals surface area contributed by atoms with Crippen LogP contribution in [0.25, 0.3) is 22.9 Å². The number of carbonyl (C=O) groups excluding carboxylic acids is 1. The Kier molecular flexibility index (Phi) is 7.15. The number of thioether (sulfide) groups is 1. The molecule has 5 rings (SSSR count). The van der Waals surface area contributed by atoms with Crippen LogP contribution in [0.15, 0.2) is 98.4 Å². The molecule has 1 aromatic carbocycles. The van der Waals surface area contributed by atoms with Crippen molar-refractivity contribution in [3.8, 4) is 22.9 Å². The van der Waals surface area contributed by atoms with Gasteiger partial charge in [0.2, 0.25) is 17.0 Å². The Balaban J connectivity index is 1.26. The van der Waals surface area contributed by atoms with Gasteiger partial charge in [-0.3, -0.25) is 4.79 Å². The Hall–Kier alpha value is -4.56. The third-order valence-electron chi connectivity index (χ3n) is 5.05. The average Bonchev–Trinajstić information content (AvgIpc) is 3.64. The van der Waals surface area contributed by atoms with Crippen molar-refractivity contribution in [2.45, 2.75) is 22.2 Å². The van der Waals surface area contributed by atoms with Crippen LogP contribution in [0.1, 0.15) is 6.92 Å². The summed E-state index contributed by atoms with van der Waals surface area (Å²) in [7, 11) is -3.89. The number of amides is 1. The molecule has 5 aromatic rings. The summed E-state index contributed by atoms with van der Waals surface area (Å²) in [4.78, 5) is 25.1. The van der Waals surface area contributed by atoms with Crippen molar-refractivity contribution in [1.82, 2.24) is 25.1 Å². The lowest BCUT2D eigenvalue weighted by molar-refractivity contribution is -0.115. The molecule has 4 aromatic heterocycles. The van der Waals surface area contributed by atoms with Crippen LogP contribution in [0.3, 0.4) is 0 Å². The summed E-state index contributed by atoms with van der Waals surface area (Å²) in [6.07, 6.45) is 5.90. The molecule has 0 spiro atoms. The number of benzene rings is 1. The van der Waals surface area contributed by atoms with Crippen molar-refractivity contribution < 1.29 is 22.0 Å². The average molecular weight is 550 g/mol. The van der Waals surface area contributed by atoms with E-state index in [4.69, 9.17) is 8.83 Å². The summed E-state index contributed by atoms with van der Waals surface area (Å²) < 4.78 is 38.3. The molecular formula is C24H19N7O5S2. The van der Waals surface area contributed by atoms with Gasteiger partial charge in [0.05, 0.1) is 22.7 Å². The summed E-state index contributed by atoms with van der Waals surface area (Å²) in [5, 5.41) is 10.8. The lowest BCUT2D eigenvalue weighted by atomic mass is 10.2. The number of nitrogens with one attached hydrogen (secondary N) is 2. The maximum atomic E-state index is 12.8. The lowest BCUT2D eigenvalue weighted by Gasteiger charge is -2.12. The minimum atomic E-state index is -3.89. The molecule has 0 aliphatic carbocycles. The molecule has 4 heterocycles. The van der Waals surface area contributed by atoms with Crippen molar-refractivity contribution >= 4 is 39.3 Å². The van der Waals surface area contributed by atoms with E-state index in [2.05, 4.69) is 35.2 Å². The number of anilines is 2. The normalized spacial score (nSPS) is 12.1. The molecule has 0 aliphatic rings. The van der Waals surface area contributed by atoms with Gasteiger partial charge in [-0.2, -0.15) is 0 Å². The largest absolute Gasteiger partial charge is 0.463 e. The molecule has 1 amide bonds. The maximum Gasteiger partial charge on any atom is 0.264 e. The predicted molar refractivity (Wildman–Crippen MR) is 138 cm³/mol. The highest BCUT2D eigenvalue weighted by atomic mass is 32.2. The van der Waals surface area contributed by atoms with Crippen molar-refractivity contribution in [3.05, 3.63) is 79.5 Å². The third-order valence-corrected chi connectivity index (χ3v) is 7.35. The molecule has 12 nitrogen and oxygen atoms in total. The number of hydrogen-bond acceptors (Lipinski definition) is 11. The van der Waals surface area contributed by atoms with Crippen molar-refractivity contribution in [1.29, 1.82) is 0 Å². The first kappa shape index (κ1) is 25.1. The van der Waals surface area contributed by atoms with E-state index in [-0.39, 0.29) is 21.9 Å². The minimum Gasteiger partial charge on any atom is -0.463 e. The molecule has 14 heteroatoms. The monoisotopic (exact) mass is 549 g/mol. The van der Waals surface area contributed by atoms with Crippen molar-refractivity contribution in [2.24, 2.45) is 0 Å². The van der Waals surface area contributed by atoms with Crippen molar-refractivity contribution in [3.63, 3.8) is 0 Å². The zero-order chi connectivity index (χ0) is 26.5. The molecule has 38 heavy (non-hydrogen) atoms. The first-order valence-corrected chi connectivity index (χ1v) is 13.5. The first-order valence-electron chi connectivity index (χ1n) is 11.1. The summed E-state index contributed by atoms with van der Waals surface area (Å²) in [5.41, 5.74) is 1.26. The Morgan fingerprint density at radius 2 is 1.55 bits per heavy atom. The fraction of sp³-hybridized carbons (Fsp3) is 0.0833. The van der Waals surface area contributed by atoms with Crippen LogP contribution in [0.5, 0.6) is 0 Å². The van der Waals surface area contributed by atoms with Crippen LogP contribution in [-0.2, 0) is 14.8 Å². The second kappa shape index (κ2) is 10.8. The summed E-state index contributed by atoms with van der Waals surface area (Å²) >= 11 is 1.11. The summed E-state index contributed by atoms with van der Waals surface area (Å²) in [6, 6.07) is 14.2. The van der Waals surface area contributed by atoms with Gasteiger partial charge >= 0.3 is 0 Å². The van der Waals surface area contributed by atoms with Gasteiger partial charge in [0.25, 0.3) is 10.0 Å². The maximum absolute atomic E-state index is 12.8. The number of nitrogens with zero attached hydrogens (tertiary/aromatic N) is 5. The van der Waals surface area contributed by atoms with Crippen LogP contribution in [0, 0.1) is 0 Å². The second-order valence-electron chi connectivity index (χ2n) is 7.70. The molecule has 1 atom stereocenters. The van der Waals surface area contributed by atoms with Crippen LogP contribution >= 0.6 is 11.8 Å². The zero-order valence-electron chi connectivity index (χ0n) is 19.7. The van der Waals surface area contributed by atoms with E-state index in [1.54, 1.807) is 37.3 Å². The van der Waals surface area contributed by atoms with Gasteiger partial charge in [-0.25, -0.2) is 28.1 Å². The fourth-order valence-electron chi connectivity index (χ4n) is 3.23. The van der Waals surface area contributed by atoms with Crippen molar-refractivity contribution in [2.75, 3.05) is 10.0 Å². The number of hydrogen-bond donors (Lipinski definition) is 2. The highest BCUT2D eigenvalue weighted by molar-refractivity contribution is 8.00. The molecule has 2 N–H and O–H groups in total. The molecule has 0 saturated carbocycles. The van der Waals surface area contributed by atoms with Crippen LogP contribution < -0.4 is 10.0 Å². The molecule has 192 valence electrons. The van der Waals surface area contributed by atoms with Gasteiger partial charge in [-0.15, -0.1) is 10.2 Å². The Labute approximate surface area is 221 Å².